The Labute approximate surface area is 137 Å². The number of nitrogens with one attached hydrogen (secondary N) is 2. The van der Waals surface area contributed by atoms with Crippen molar-refractivity contribution in [3.8, 4) is 11.3 Å². The Morgan fingerprint density at radius 1 is 1.08 bits per heavy atom. The number of aromatic nitrogens is 2. The Hall–Kier alpha value is -3.50. The van der Waals surface area contributed by atoms with Gasteiger partial charge in [-0.25, -0.2) is 9.89 Å². The molecule has 0 spiro atoms. The second-order valence-corrected chi connectivity index (χ2v) is 5.08. The molecule has 24 heavy (non-hydrogen) atoms. The highest BCUT2D eigenvalue weighted by atomic mass is 16.1. The van der Waals surface area contributed by atoms with Crippen molar-refractivity contribution < 1.29 is 4.79 Å². The quantitative estimate of drug-likeness (QED) is 0.559. The molecule has 0 aliphatic carbocycles. The molecule has 2 aromatic carbocycles. The van der Waals surface area contributed by atoms with Gasteiger partial charge in [0.1, 0.15) is 5.69 Å². The highest BCUT2D eigenvalue weighted by Crippen LogP contribution is 2.30. The molecule has 0 aliphatic heterocycles. The van der Waals surface area contributed by atoms with E-state index in [0.717, 1.165) is 16.8 Å². The summed E-state index contributed by atoms with van der Waals surface area (Å²) in [7, 11) is 0. The first-order valence-electron chi connectivity index (χ1n) is 7.32. The Morgan fingerprint density at radius 2 is 1.92 bits per heavy atom. The number of H-pyrrole nitrogens is 1. The second-order valence-electron chi connectivity index (χ2n) is 5.08. The molecule has 1 aromatic heterocycles. The van der Waals surface area contributed by atoms with Crippen molar-refractivity contribution in [1.29, 1.82) is 0 Å². The van der Waals surface area contributed by atoms with Gasteiger partial charge in [0.15, 0.2) is 0 Å². The Morgan fingerprint density at radius 3 is 2.62 bits per heavy atom. The summed E-state index contributed by atoms with van der Waals surface area (Å²) in [4.78, 5) is 25.6. The standard InChI is InChI=1S/C18H14N4O2/c23-12-20-17-10-14(15-8-9-18(24)22-21-15)6-7-16(17)19-11-13-4-2-1-3-5-13/h1-10,19H,11H2,(H,22,24). The third-order valence-corrected chi connectivity index (χ3v) is 3.46. The zero-order valence-electron chi connectivity index (χ0n) is 12.7. The number of aliphatic imine (C=N–C) groups is 1. The van der Waals surface area contributed by atoms with Crippen molar-refractivity contribution in [2.75, 3.05) is 5.32 Å². The molecule has 1 heterocycles. The predicted octanol–water partition coefficient (Wildman–Crippen LogP) is 3.02. The van der Waals surface area contributed by atoms with E-state index in [4.69, 9.17) is 0 Å². The summed E-state index contributed by atoms with van der Waals surface area (Å²) in [5.41, 5.74) is 3.36. The lowest BCUT2D eigenvalue weighted by atomic mass is 10.1. The first-order chi connectivity index (χ1) is 11.8. The Balaban J connectivity index is 1.88. The molecule has 0 saturated carbocycles. The van der Waals surface area contributed by atoms with Crippen molar-refractivity contribution in [3.63, 3.8) is 0 Å². The van der Waals surface area contributed by atoms with Gasteiger partial charge in [-0.1, -0.05) is 36.4 Å². The largest absolute Gasteiger partial charge is 0.379 e. The van der Waals surface area contributed by atoms with Crippen LogP contribution in [0.15, 0.2) is 70.5 Å². The van der Waals surface area contributed by atoms with Crippen LogP contribution in [0.25, 0.3) is 11.3 Å². The van der Waals surface area contributed by atoms with E-state index in [1.165, 1.54) is 6.07 Å². The summed E-state index contributed by atoms with van der Waals surface area (Å²) >= 11 is 0. The van der Waals surface area contributed by atoms with Crippen LogP contribution in [0.4, 0.5) is 11.4 Å². The van der Waals surface area contributed by atoms with Crippen LogP contribution in [0.5, 0.6) is 0 Å². The number of rotatable bonds is 5. The van der Waals surface area contributed by atoms with Gasteiger partial charge in [0.05, 0.1) is 11.4 Å². The molecule has 0 bridgehead atoms. The number of anilines is 1. The van der Waals surface area contributed by atoms with Gasteiger partial charge in [-0.05, 0) is 23.8 Å². The smallest absolute Gasteiger partial charge is 0.264 e. The van der Waals surface area contributed by atoms with Gasteiger partial charge in [-0.3, -0.25) is 4.79 Å². The molecule has 0 atom stereocenters. The van der Waals surface area contributed by atoms with Crippen LogP contribution in [0.2, 0.25) is 0 Å². The normalized spacial score (nSPS) is 10.0. The summed E-state index contributed by atoms with van der Waals surface area (Å²) < 4.78 is 0. The Bertz CT molecular complexity index is 924. The van der Waals surface area contributed by atoms with Crippen LogP contribution >= 0.6 is 0 Å². The summed E-state index contributed by atoms with van der Waals surface area (Å²) in [5.74, 6) is 0. The highest BCUT2D eigenvalue weighted by molar-refractivity contribution is 5.75. The lowest BCUT2D eigenvalue weighted by Gasteiger charge is -2.10. The predicted molar refractivity (Wildman–Crippen MR) is 91.8 cm³/mol. The fourth-order valence-corrected chi connectivity index (χ4v) is 2.28. The van der Waals surface area contributed by atoms with Gasteiger partial charge in [-0.2, -0.15) is 10.1 Å². The molecular formula is C18H14N4O2. The van der Waals surface area contributed by atoms with Crippen LogP contribution in [0.3, 0.4) is 0 Å². The van der Waals surface area contributed by atoms with E-state index in [-0.39, 0.29) is 5.56 Å². The summed E-state index contributed by atoms with van der Waals surface area (Å²) in [6.07, 6.45) is 1.57. The SMILES string of the molecule is O=C=Nc1cc(-c2ccc(=O)[nH]n2)ccc1NCc1ccccc1. The third kappa shape index (κ3) is 3.63. The molecule has 0 aliphatic rings. The van der Waals surface area contributed by atoms with E-state index in [1.54, 1.807) is 18.2 Å². The molecule has 0 amide bonds. The van der Waals surface area contributed by atoms with Crippen LogP contribution in [0.1, 0.15) is 5.56 Å². The fourth-order valence-electron chi connectivity index (χ4n) is 2.28. The van der Waals surface area contributed by atoms with Crippen molar-refractivity contribution in [1.82, 2.24) is 10.2 Å². The third-order valence-electron chi connectivity index (χ3n) is 3.46. The second kappa shape index (κ2) is 7.17. The molecule has 3 rings (SSSR count). The molecule has 0 radical (unpaired) electrons. The van der Waals surface area contributed by atoms with Crippen LogP contribution < -0.4 is 10.9 Å². The molecule has 6 nitrogen and oxygen atoms in total. The number of benzene rings is 2. The number of isocyanates is 1. The van der Waals surface area contributed by atoms with E-state index in [0.29, 0.717) is 17.9 Å². The lowest BCUT2D eigenvalue weighted by molar-refractivity contribution is 0.565. The van der Waals surface area contributed by atoms with Gasteiger partial charge < -0.3 is 5.32 Å². The average molecular weight is 318 g/mol. The first-order valence-corrected chi connectivity index (χ1v) is 7.32. The number of hydrogen-bond acceptors (Lipinski definition) is 5. The van der Waals surface area contributed by atoms with Crippen LogP contribution in [0, 0.1) is 0 Å². The van der Waals surface area contributed by atoms with E-state index < -0.39 is 0 Å². The first kappa shape index (κ1) is 15.4. The molecule has 2 N–H and O–H groups in total. The fraction of sp³-hybridized carbons (Fsp3) is 0.0556. The summed E-state index contributed by atoms with van der Waals surface area (Å²) in [5, 5.41) is 9.61. The minimum absolute atomic E-state index is 0.272. The van der Waals surface area contributed by atoms with Crippen molar-refractivity contribution in [3.05, 3.63) is 76.6 Å². The molecule has 3 aromatic rings. The summed E-state index contributed by atoms with van der Waals surface area (Å²) in [6.45, 7) is 0.610. The summed E-state index contributed by atoms with van der Waals surface area (Å²) in [6, 6.07) is 18.3. The topological polar surface area (TPSA) is 87.2 Å². The maximum Gasteiger partial charge on any atom is 0.264 e. The minimum atomic E-state index is -0.272. The molecule has 0 saturated heterocycles. The average Bonchev–Trinajstić information content (AvgIpc) is 2.62. The van der Waals surface area contributed by atoms with Crippen LogP contribution in [-0.4, -0.2) is 16.3 Å². The highest BCUT2D eigenvalue weighted by Gasteiger charge is 2.06. The van der Waals surface area contributed by atoms with Gasteiger partial charge in [0, 0.05) is 18.2 Å². The molecule has 118 valence electrons. The minimum Gasteiger partial charge on any atom is -0.379 e. The van der Waals surface area contributed by atoms with E-state index >= 15 is 0 Å². The Kier molecular flexibility index (Phi) is 4.60. The maximum atomic E-state index is 11.1. The monoisotopic (exact) mass is 318 g/mol. The number of hydrogen-bond donors (Lipinski definition) is 2. The van der Waals surface area contributed by atoms with Gasteiger partial charge in [0.25, 0.3) is 5.56 Å². The maximum absolute atomic E-state index is 11.1. The van der Waals surface area contributed by atoms with Crippen molar-refractivity contribution in [2.24, 2.45) is 4.99 Å². The zero-order valence-corrected chi connectivity index (χ0v) is 12.7. The molecule has 6 heteroatoms. The molecule has 0 unspecified atom stereocenters. The van der Waals surface area contributed by atoms with Crippen molar-refractivity contribution >= 4 is 17.5 Å². The van der Waals surface area contributed by atoms with Crippen molar-refractivity contribution in [2.45, 2.75) is 6.54 Å². The van der Waals surface area contributed by atoms with E-state index in [1.807, 2.05) is 42.5 Å². The van der Waals surface area contributed by atoms with Gasteiger partial charge in [-0.15, -0.1) is 0 Å². The number of aromatic amines is 1. The van der Waals surface area contributed by atoms with Crippen LogP contribution in [-0.2, 0) is 11.3 Å². The van der Waals surface area contributed by atoms with E-state index in [9.17, 15) is 9.59 Å². The van der Waals surface area contributed by atoms with Gasteiger partial charge >= 0.3 is 0 Å². The number of nitrogens with zero attached hydrogens (tertiary/aromatic N) is 2. The molecule has 0 fully saturated rings. The van der Waals surface area contributed by atoms with E-state index in [2.05, 4.69) is 20.5 Å². The zero-order chi connectivity index (χ0) is 16.8. The van der Waals surface area contributed by atoms with Gasteiger partial charge in [0.2, 0.25) is 6.08 Å². The molecular weight excluding hydrogens is 304 g/mol. The number of carbonyl (C=O) groups excluding carboxylic acids is 1. The lowest BCUT2D eigenvalue weighted by Crippen LogP contribution is -2.05.